The quantitative estimate of drug-likeness (QED) is 0.0833. The van der Waals surface area contributed by atoms with Crippen molar-refractivity contribution < 1.29 is 28.4 Å². The molecule has 0 aliphatic heterocycles. The van der Waals surface area contributed by atoms with Crippen molar-refractivity contribution in [2.45, 2.75) is 20.4 Å². The van der Waals surface area contributed by atoms with Crippen LogP contribution in [0.1, 0.15) is 27.3 Å². The number of pyridine rings is 1. The smallest absolute Gasteiger partial charge is 0.449 e. The number of rotatable bonds is 15. The van der Waals surface area contributed by atoms with E-state index in [1.807, 2.05) is 42.3 Å². The summed E-state index contributed by atoms with van der Waals surface area (Å²) in [7, 11) is -1.97. The van der Waals surface area contributed by atoms with E-state index in [0.717, 1.165) is 5.56 Å². The maximum absolute atomic E-state index is 13.6. The van der Waals surface area contributed by atoms with Gasteiger partial charge < -0.3 is 4.74 Å². The first kappa shape index (κ1) is 31.7. The summed E-state index contributed by atoms with van der Waals surface area (Å²) in [4.78, 5) is 43.0. The summed E-state index contributed by atoms with van der Waals surface area (Å²) >= 11 is 0. The fourth-order valence-electron chi connectivity index (χ4n) is 4.31. The molecule has 0 unspecified atom stereocenters. The highest BCUT2D eigenvalue weighted by Crippen LogP contribution is 2.58. The van der Waals surface area contributed by atoms with Gasteiger partial charge in [-0.1, -0.05) is 54.6 Å². The number of hydrogen-bond acceptors (Lipinski definition) is 9. The molecule has 41 heavy (non-hydrogen) atoms. The van der Waals surface area contributed by atoms with E-state index < -0.39 is 18.8 Å². The minimum absolute atomic E-state index is 0.0552. The van der Waals surface area contributed by atoms with Gasteiger partial charge in [-0.3, -0.25) is 20.0 Å². The molecule has 0 fully saturated rings. The second-order valence-electron chi connectivity index (χ2n) is 9.24. The van der Waals surface area contributed by atoms with Crippen molar-refractivity contribution in [3.05, 3.63) is 113 Å². The molecular formula is C30H35N3O7P+. The summed E-state index contributed by atoms with van der Waals surface area (Å²) in [5, 5.41) is 11.7. The van der Waals surface area contributed by atoms with Gasteiger partial charge in [0, 0.05) is 25.2 Å². The summed E-state index contributed by atoms with van der Waals surface area (Å²) in [6.45, 7) is 11.7. The lowest BCUT2D eigenvalue weighted by molar-refractivity contribution is -0.384. The summed E-state index contributed by atoms with van der Waals surface area (Å²) in [6.07, 6.45) is 2.90. The molecular weight excluding hydrogens is 545 g/mol. The Morgan fingerprint density at radius 3 is 2.34 bits per heavy atom. The van der Waals surface area contributed by atoms with E-state index in [4.69, 9.17) is 13.8 Å². The third-order valence-corrected chi connectivity index (χ3v) is 8.21. The summed E-state index contributed by atoms with van der Waals surface area (Å²) in [5.74, 6) is -0.690. The molecule has 3 rings (SSSR count). The zero-order valence-corrected chi connectivity index (χ0v) is 24.4. The van der Waals surface area contributed by atoms with Crippen LogP contribution in [-0.2, 0) is 20.3 Å². The van der Waals surface area contributed by atoms with Gasteiger partial charge >= 0.3 is 13.9 Å². The highest BCUT2D eigenvalue weighted by atomic mass is 31.2. The molecule has 0 atom stereocenters. The van der Waals surface area contributed by atoms with Gasteiger partial charge in [-0.25, -0.2) is 4.79 Å². The third kappa shape index (κ3) is 8.13. The number of nitro benzene ring substituents is 1. The average molecular weight is 581 g/mol. The highest BCUT2D eigenvalue weighted by Gasteiger charge is 2.50. The molecule has 0 amide bonds. The molecule has 0 aliphatic carbocycles. The van der Waals surface area contributed by atoms with Gasteiger partial charge in [-0.15, -0.1) is 13.2 Å². The molecule has 0 aliphatic rings. The Morgan fingerprint density at radius 1 is 1.07 bits per heavy atom. The van der Waals surface area contributed by atoms with E-state index in [0.29, 0.717) is 30.0 Å². The molecule has 1 N–H and O–H groups in total. The molecule has 216 valence electrons. The van der Waals surface area contributed by atoms with Crippen LogP contribution in [0.4, 0.5) is 5.69 Å². The maximum Gasteiger partial charge on any atom is 0.449 e. The van der Waals surface area contributed by atoms with Crippen LogP contribution in [0.25, 0.3) is 11.1 Å². The predicted molar refractivity (Wildman–Crippen MR) is 160 cm³/mol. The van der Waals surface area contributed by atoms with Gasteiger partial charge in [0.2, 0.25) is 5.30 Å². The van der Waals surface area contributed by atoms with E-state index in [9.17, 15) is 19.8 Å². The van der Waals surface area contributed by atoms with Gasteiger partial charge in [0.15, 0.2) is 0 Å². The van der Waals surface area contributed by atoms with Crippen LogP contribution in [0.5, 0.6) is 0 Å². The van der Waals surface area contributed by atoms with Crippen molar-refractivity contribution in [1.82, 2.24) is 9.88 Å². The van der Waals surface area contributed by atoms with Crippen molar-refractivity contribution in [3.8, 4) is 11.1 Å². The fourth-order valence-corrected chi connectivity index (χ4v) is 6.24. The van der Waals surface area contributed by atoms with Crippen LogP contribution in [0.3, 0.4) is 0 Å². The molecule has 0 saturated heterocycles. The number of aryl methyl sites for hydroxylation is 2. The lowest BCUT2D eigenvalue weighted by Gasteiger charge is -2.23. The minimum Gasteiger partial charge on any atom is -0.461 e. The molecule has 11 heteroatoms. The van der Waals surface area contributed by atoms with Crippen molar-refractivity contribution in [3.63, 3.8) is 0 Å². The summed E-state index contributed by atoms with van der Waals surface area (Å²) in [5.41, 5.74) is 2.16. The highest BCUT2D eigenvalue weighted by molar-refractivity contribution is 7.69. The van der Waals surface area contributed by atoms with E-state index in [1.54, 1.807) is 19.9 Å². The first-order chi connectivity index (χ1) is 19.6. The van der Waals surface area contributed by atoms with Gasteiger partial charge in [0.05, 0.1) is 27.4 Å². The Balaban J connectivity index is 2.08. The number of benzene rings is 2. The predicted octanol–water partition coefficient (Wildman–Crippen LogP) is 5.35. The number of ether oxygens (including phenoxy) is 1. The number of non-ortho nitro benzene ring substituents is 1. The van der Waals surface area contributed by atoms with Crippen LogP contribution in [-0.4, -0.2) is 59.1 Å². The van der Waals surface area contributed by atoms with Gasteiger partial charge in [0.25, 0.3) is 5.69 Å². The molecule has 1 aromatic heterocycles. The largest absolute Gasteiger partial charge is 0.461 e. The van der Waals surface area contributed by atoms with Crippen LogP contribution in [0.2, 0.25) is 0 Å². The Hall–Kier alpha value is -3.79. The number of likely N-dealkylation sites (N-methyl/N-ethyl adjacent to an activating group) is 1. The number of carbonyl (C=O) groups excluding carboxylic acids is 1. The molecule has 2 aromatic carbocycles. The number of nitro groups is 1. The number of esters is 1. The topological polar surface area (TPSA) is 124 Å². The standard InChI is InChI=1S/C30H35N3O7P/c1-6-17-39-41(37,40-18-7-2)29-23(4)31-22(3)27(28(29)25-14-11-15-26(20-25)33(35)36)30(34)38-19-16-32(5)21-24-12-9-8-10-13-24/h6-15,20,37H,1-2,16-19,21H2,3-5H3/q+1. The maximum atomic E-state index is 13.6. The molecule has 3 aromatic rings. The lowest BCUT2D eigenvalue weighted by Crippen LogP contribution is -2.28. The monoisotopic (exact) mass is 580 g/mol. The zero-order valence-electron chi connectivity index (χ0n) is 23.5. The Morgan fingerprint density at radius 2 is 1.73 bits per heavy atom. The molecule has 10 nitrogen and oxygen atoms in total. The van der Waals surface area contributed by atoms with Crippen LogP contribution in [0, 0.1) is 24.0 Å². The van der Waals surface area contributed by atoms with E-state index in [1.165, 1.54) is 30.4 Å². The number of carbonyl (C=O) groups is 1. The van der Waals surface area contributed by atoms with Crippen LogP contribution < -0.4 is 5.30 Å². The molecule has 0 radical (unpaired) electrons. The Bertz CT molecular complexity index is 1390. The third-order valence-electron chi connectivity index (χ3n) is 6.10. The SMILES string of the molecule is C=CCO[P+](O)(OCC=C)c1c(C)nc(C)c(C(=O)OCCN(C)Cc2ccccc2)c1-c1cccc([N+](=O)[O-])c1. The van der Waals surface area contributed by atoms with Gasteiger partial charge in [-0.05, 0) is 32.0 Å². The number of aromatic nitrogens is 1. The van der Waals surface area contributed by atoms with Gasteiger partial charge in [-0.2, -0.15) is 13.9 Å². The molecule has 0 spiro atoms. The minimum atomic E-state index is -3.89. The van der Waals surface area contributed by atoms with E-state index >= 15 is 0 Å². The van der Waals surface area contributed by atoms with E-state index in [2.05, 4.69) is 18.1 Å². The summed E-state index contributed by atoms with van der Waals surface area (Å²) in [6, 6.07) is 15.7. The first-order valence-electron chi connectivity index (χ1n) is 12.9. The van der Waals surface area contributed by atoms with Crippen molar-refractivity contribution >= 4 is 24.9 Å². The Kier molecular flexibility index (Phi) is 11.4. The second-order valence-corrected chi connectivity index (χ2v) is 11.2. The molecule has 0 saturated carbocycles. The van der Waals surface area contributed by atoms with Crippen molar-refractivity contribution in [2.24, 2.45) is 0 Å². The average Bonchev–Trinajstić information content (AvgIpc) is 2.95. The zero-order chi connectivity index (χ0) is 30.0. The number of nitrogens with zero attached hydrogens (tertiary/aromatic N) is 3. The molecule has 0 bridgehead atoms. The van der Waals surface area contributed by atoms with Crippen LogP contribution in [0.15, 0.2) is 79.9 Å². The van der Waals surface area contributed by atoms with Gasteiger partial charge in [0.1, 0.15) is 19.8 Å². The summed E-state index contributed by atoms with van der Waals surface area (Å²) < 4.78 is 17.2. The second kappa shape index (κ2) is 14.7. The van der Waals surface area contributed by atoms with Crippen molar-refractivity contribution in [1.29, 1.82) is 0 Å². The molecule has 1 heterocycles. The lowest BCUT2D eigenvalue weighted by atomic mass is 9.97. The van der Waals surface area contributed by atoms with E-state index in [-0.39, 0.29) is 41.9 Å². The Labute approximate surface area is 240 Å². The normalized spacial score (nSPS) is 11.3. The fraction of sp³-hybridized carbons (Fsp3) is 0.267. The number of hydrogen-bond donors (Lipinski definition) is 1. The first-order valence-corrected chi connectivity index (χ1v) is 14.5. The van der Waals surface area contributed by atoms with Crippen molar-refractivity contribution in [2.75, 3.05) is 33.4 Å². The van der Waals surface area contributed by atoms with Crippen LogP contribution >= 0.6 is 7.94 Å².